The van der Waals surface area contributed by atoms with Crippen molar-refractivity contribution in [3.05, 3.63) is 0 Å². The van der Waals surface area contributed by atoms with Gasteiger partial charge in [-0.1, -0.05) is 26.2 Å². The number of likely N-dealkylation sites (N-methyl/N-ethyl adjacent to an activating group) is 1. The quantitative estimate of drug-likeness (QED) is 0.257. The second kappa shape index (κ2) is 9.61. The highest BCUT2D eigenvalue weighted by Crippen LogP contribution is 2.25. The molecule has 0 spiro atoms. The Kier molecular flexibility index (Phi) is 8.96. The van der Waals surface area contributed by atoms with Crippen LogP contribution in [0.2, 0.25) is 0 Å². The zero-order valence-corrected chi connectivity index (χ0v) is 15.9. The maximum atomic E-state index is 12.0. The Morgan fingerprint density at radius 2 is 1.75 bits per heavy atom. The summed E-state index contributed by atoms with van der Waals surface area (Å²) < 4.78 is 5.28. The number of ether oxygens (including phenoxy) is 1. The second-order valence-electron chi connectivity index (χ2n) is 7.11. The summed E-state index contributed by atoms with van der Waals surface area (Å²) in [6.07, 6.45) is 4.34. The number of carbonyl (C=O) groups is 2. The van der Waals surface area contributed by atoms with Crippen LogP contribution in [0.15, 0.2) is 0 Å². The van der Waals surface area contributed by atoms with Crippen LogP contribution in [0.1, 0.15) is 66.7 Å². The van der Waals surface area contributed by atoms with Gasteiger partial charge in [0.1, 0.15) is 12.1 Å². The molecule has 0 bridgehead atoms. The lowest BCUT2D eigenvalue weighted by Crippen LogP contribution is -2.50. The standard InChI is InChI=1S/C17H33N3O4/c1-7-8-9-10-11-13(21)19-15(18)20(6)12-14(22)24-17(4,5)16(2,3)23/h23H,7-12H2,1-6H3,(H2,18,19,21). The van der Waals surface area contributed by atoms with Crippen LogP contribution in [-0.2, 0) is 14.3 Å². The van der Waals surface area contributed by atoms with Crippen molar-refractivity contribution >= 4 is 17.8 Å². The fraction of sp³-hybridized carbons (Fsp3) is 0.824. The van der Waals surface area contributed by atoms with Crippen LogP contribution in [0.5, 0.6) is 0 Å². The van der Waals surface area contributed by atoms with Gasteiger partial charge in [-0.3, -0.25) is 20.3 Å². The van der Waals surface area contributed by atoms with E-state index < -0.39 is 17.2 Å². The van der Waals surface area contributed by atoms with Crippen LogP contribution in [0, 0.1) is 5.41 Å². The summed E-state index contributed by atoms with van der Waals surface area (Å²) in [4.78, 5) is 25.0. The monoisotopic (exact) mass is 343 g/mol. The van der Waals surface area contributed by atoms with Crippen molar-refractivity contribution < 1.29 is 19.4 Å². The van der Waals surface area contributed by atoms with Gasteiger partial charge in [0, 0.05) is 13.5 Å². The number of hydrogen-bond donors (Lipinski definition) is 3. The van der Waals surface area contributed by atoms with Crippen molar-refractivity contribution in [1.29, 1.82) is 5.41 Å². The molecular weight excluding hydrogens is 310 g/mol. The molecule has 0 heterocycles. The third kappa shape index (κ3) is 8.29. The fourth-order valence-corrected chi connectivity index (χ4v) is 1.72. The molecule has 140 valence electrons. The predicted molar refractivity (Wildman–Crippen MR) is 93.7 cm³/mol. The van der Waals surface area contributed by atoms with Gasteiger partial charge in [0.25, 0.3) is 0 Å². The highest BCUT2D eigenvalue weighted by Gasteiger charge is 2.38. The van der Waals surface area contributed by atoms with E-state index in [-0.39, 0.29) is 18.4 Å². The van der Waals surface area contributed by atoms with Gasteiger partial charge in [-0.05, 0) is 34.1 Å². The van der Waals surface area contributed by atoms with Crippen LogP contribution in [0.3, 0.4) is 0 Å². The number of aliphatic hydroxyl groups is 1. The first-order valence-corrected chi connectivity index (χ1v) is 8.44. The molecule has 0 rings (SSSR count). The van der Waals surface area contributed by atoms with Crippen LogP contribution in [-0.4, -0.2) is 52.6 Å². The molecule has 0 aromatic rings. The summed E-state index contributed by atoms with van der Waals surface area (Å²) in [6, 6.07) is 0. The summed E-state index contributed by atoms with van der Waals surface area (Å²) in [6.45, 7) is 8.27. The number of nitrogens with zero attached hydrogens (tertiary/aromatic N) is 1. The number of nitrogens with one attached hydrogen (secondary N) is 2. The summed E-state index contributed by atoms with van der Waals surface area (Å²) in [7, 11) is 1.53. The van der Waals surface area contributed by atoms with Crippen molar-refractivity contribution in [3.63, 3.8) is 0 Å². The number of esters is 1. The number of unbranched alkanes of at least 4 members (excludes halogenated alkanes) is 3. The van der Waals surface area contributed by atoms with Gasteiger partial charge in [0.15, 0.2) is 5.96 Å². The van der Waals surface area contributed by atoms with E-state index in [1.165, 1.54) is 11.9 Å². The third-order valence-electron chi connectivity index (χ3n) is 4.11. The largest absolute Gasteiger partial charge is 0.455 e. The van der Waals surface area contributed by atoms with Crippen molar-refractivity contribution in [3.8, 4) is 0 Å². The maximum Gasteiger partial charge on any atom is 0.326 e. The van der Waals surface area contributed by atoms with Crippen LogP contribution >= 0.6 is 0 Å². The molecule has 0 aliphatic heterocycles. The van der Waals surface area contributed by atoms with E-state index in [2.05, 4.69) is 12.2 Å². The molecular formula is C17H33N3O4. The van der Waals surface area contributed by atoms with Crippen molar-refractivity contribution in [2.45, 2.75) is 77.9 Å². The number of amides is 1. The highest BCUT2D eigenvalue weighted by molar-refractivity contribution is 5.96. The summed E-state index contributed by atoms with van der Waals surface area (Å²) in [5.74, 6) is -0.951. The number of carbonyl (C=O) groups excluding carboxylic acids is 2. The van der Waals surface area contributed by atoms with Crippen molar-refractivity contribution in [2.75, 3.05) is 13.6 Å². The fourth-order valence-electron chi connectivity index (χ4n) is 1.72. The van der Waals surface area contributed by atoms with Crippen LogP contribution in [0.4, 0.5) is 0 Å². The molecule has 0 atom stereocenters. The van der Waals surface area contributed by atoms with E-state index in [9.17, 15) is 14.7 Å². The normalized spacial score (nSPS) is 11.8. The molecule has 0 aliphatic rings. The van der Waals surface area contributed by atoms with E-state index >= 15 is 0 Å². The molecule has 1 amide bonds. The Labute approximate surface area is 145 Å². The molecule has 0 aliphatic carbocycles. The van der Waals surface area contributed by atoms with E-state index in [0.717, 1.165) is 25.7 Å². The van der Waals surface area contributed by atoms with Gasteiger partial charge in [0.05, 0.1) is 5.60 Å². The van der Waals surface area contributed by atoms with Gasteiger partial charge in [0.2, 0.25) is 5.91 Å². The smallest absolute Gasteiger partial charge is 0.326 e. The lowest BCUT2D eigenvalue weighted by atomic mass is 9.89. The van der Waals surface area contributed by atoms with E-state index in [1.807, 2.05) is 0 Å². The summed E-state index contributed by atoms with van der Waals surface area (Å²) >= 11 is 0. The topological polar surface area (TPSA) is 103 Å². The first kappa shape index (κ1) is 22.4. The minimum atomic E-state index is -1.19. The summed E-state index contributed by atoms with van der Waals surface area (Å²) in [5, 5.41) is 20.3. The molecule has 0 saturated heterocycles. The van der Waals surface area contributed by atoms with Crippen molar-refractivity contribution in [1.82, 2.24) is 10.2 Å². The van der Waals surface area contributed by atoms with E-state index in [1.54, 1.807) is 27.7 Å². The van der Waals surface area contributed by atoms with E-state index in [0.29, 0.717) is 6.42 Å². The zero-order chi connectivity index (χ0) is 19.0. The first-order valence-electron chi connectivity index (χ1n) is 8.44. The Morgan fingerprint density at radius 3 is 2.25 bits per heavy atom. The lowest BCUT2D eigenvalue weighted by molar-refractivity contribution is -0.180. The average Bonchev–Trinajstić information content (AvgIpc) is 2.41. The van der Waals surface area contributed by atoms with Gasteiger partial charge in [-0.15, -0.1) is 0 Å². The van der Waals surface area contributed by atoms with Crippen molar-refractivity contribution in [2.24, 2.45) is 0 Å². The first-order chi connectivity index (χ1) is 10.9. The number of hydrogen-bond acceptors (Lipinski definition) is 5. The highest BCUT2D eigenvalue weighted by atomic mass is 16.6. The second-order valence-corrected chi connectivity index (χ2v) is 7.11. The van der Waals surface area contributed by atoms with E-state index in [4.69, 9.17) is 10.1 Å². The molecule has 3 N–H and O–H groups in total. The lowest BCUT2D eigenvalue weighted by Gasteiger charge is -2.36. The van der Waals surface area contributed by atoms with Gasteiger partial charge in [-0.2, -0.15) is 0 Å². The van der Waals surface area contributed by atoms with Crippen LogP contribution < -0.4 is 5.32 Å². The molecule has 24 heavy (non-hydrogen) atoms. The number of rotatable bonds is 9. The Balaban J connectivity index is 4.31. The average molecular weight is 343 g/mol. The Hall–Kier alpha value is -1.63. The maximum absolute atomic E-state index is 12.0. The molecule has 0 aromatic heterocycles. The van der Waals surface area contributed by atoms with Gasteiger partial charge >= 0.3 is 5.97 Å². The minimum absolute atomic E-state index is 0.145. The molecule has 0 fully saturated rings. The molecule has 0 unspecified atom stereocenters. The Bertz CT molecular complexity index is 442. The summed E-state index contributed by atoms with van der Waals surface area (Å²) in [5.41, 5.74) is -2.25. The van der Waals surface area contributed by atoms with Gasteiger partial charge in [-0.25, -0.2) is 0 Å². The molecule has 7 nitrogen and oxygen atoms in total. The van der Waals surface area contributed by atoms with Gasteiger partial charge < -0.3 is 14.7 Å². The third-order valence-corrected chi connectivity index (χ3v) is 4.11. The zero-order valence-electron chi connectivity index (χ0n) is 15.9. The molecule has 7 heteroatoms. The Morgan fingerprint density at radius 1 is 1.17 bits per heavy atom. The molecule has 0 radical (unpaired) electrons. The van der Waals surface area contributed by atoms with Crippen LogP contribution in [0.25, 0.3) is 0 Å². The minimum Gasteiger partial charge on any atom is -0.455 e. The SMILES string of the molecule is CCCCCCC(=O)NC(=N)N(C)CC(=O)OC(C)(C)C(C)(C)O. The molecule has 0 aromatic carbocycles. The number of guanidine groups is 1. The molecule has 0 saturated carbocycles. The predicted octanol–water partition coefficient (Wildman–Crippen LogP) is 2.03.